The summed E-state index contributed by atoms with van der Waals surface area (Å²) in [6, 6.07) is 0. The van der Waals surface area contributed by atoms with Crippen molar-refractivity contribution >= 4 is 11.4 Å². The molecule has 0 fully saturated rings. The van der Waals surface area contributed by atoms with E-state index in [1.54, 1.807) is 6.92 Å². The van der Waals surface area contributed by atoms with Crippen molar-refractivity contribution in [3.8, 4) is 0 Å². The molecule has 1 rings (SSSR count). The number of carbonyl (C=O) groups excluding carboxylic acids is 1. The second kappa shape index (κ2) is 6.34. The summed E-state index contributed by atoms with van der Waals surface area (Å²) in [5.41, 5.74) is 8.44. The van der Waals surface area contributed by atoms with Crippen molar-refractivity contribution in [2.24, 2.45) is 7.05 Å². The van der Waals surface area contributed by atoms with Crippen molar-refractivity contribution in [2.45, 2.75) is 61.3 Å². The van der Waals surface area contributed by atoms with Crippen LogP contribution in [0.15, 0.2) is 5.57 Å². The third kappa shape index (κ3) is 2.70. The van der Waals surface area contributed by atoms with E-state index in [2.05, 4.69) is 53.2 Å². The Kier molecular flexibility index (Phi) is 5.27. The summed E-state index contributed by atoms with van der Waals surface area (Å²) in [5, 5.41) is 0. The van der Waals surface area contributed by atoms with E-state index in [1.165, 1.54) is 22.4 Å². The van der Waals surface area contributed by atoms with Gasteiger partial charge >= 0.3 is 0 Å². The van der Waals surface area contributed by atoms with Crippen LogP contribution < -0.4 is 4.57 Å². The summed E-state index contributed by atoms with van der Waals surface area (Å²) >= 11 is 0. The predicted molar refractivity (Wildman–Crippen MR) is 85.1 cm³/mol. The van der Waals surface area contributed by atoms with E-state index >= 15 is 0 Å². The molecule has 0 radical (unpaired) electrons. The number of nitrogens with zero attached hydrogens (tertiary/aromatic N) is 1. The van der Waals surface area contributed by atoms with Gasteiger partial charge in [0.1, 0.15) is 7.05 Å². The topological polar surface area (TPSA) is 20.9 Å². The van der Waals surface area contributed by atoms with E-state index in [0.29, 0.717) is 0 Å². The van der Waals surface area contributed by atoms with Gasteiger partial charge in [-0.2, -0.15) is 4.57 Å². The molecule has 20 heavy (non-hydrogen) atoms. The number of aromatic nitrogens is 1. The first-order chi connectivity index (χ1) is 9.27. The van der Waals surface area contributed by atoms with E-state index < -0.39 is 0 Å². The lowest BCUT2D eigenvalue weighted by atomic mass is 9.91. The van der Waals surface area contributed by atoms with Gasteiger partial charge in [-0.05, 0) is 46.6 Å². The lowest BCUT2D eigenvalue weighted by molar-refractivity contribution is -0.681. The van der Waals surface area contributed by atoms with Crippen LogP contribution >= 0.6 is 0 Å². The highest BCUT2D eigenvalue weighted by Crippen LogP contribution is 2.26. The second-order valence-electron chi connectivity index (χ2n) is 5.72. The van der Waals surface area contributed by atoms with Crippen molar-refractivity contribution < 1.29 is 9.36 Å². The molecule has 0 amide bonds. The minimum absolute atomic E-state index is 0.172. The van der Waals surface area contributed by atoms with Gasteiger partial charge in [-0.15, -0.1) is 0 Å². The standard InChI is InChI=1S/C18H28NO/c1-9-15-13(6)17(14(7)20)16(10-2)19(8)18(15)12(5)11(3)4/h9-10H2,1-8H3/q+1. The van der Waals surface area contributed by atoms with Crippen molar-refractivity contribution in [1.29, 1.82) is 0 Å². The Labute approximate surface area is 123 Å². The zero-order valence-electron chi connectivity index (χ0n) is 14.3. The summed E-state index contributed by atoms with van der Waals surface area (Å²) in [5.74, 6) is 0.172. The Morgan fingerprint density at radius 1 is 1.05 bits per heavy atom. The molecular formula is C18H28NO+. The summed E-state index contributed by atoms with van der Waals surface area (Å²) in [7, 11) is 2.09. The fourth-order valence-corrected chi connectivity index (χ4v) is 3.08. The Hall–Kier alpha value is -1.44. The molecule has 0 spiro atoms. The monoisotopic (exact) mass is 274 g/mol. The third-order valence-electron chi connectivity index (χ3n) is 4.29. The van der Waals surface area contributed by atoms with Gasteiger partial charge in [-0.1, -0.05) is 19.4 Å². The number of hydrogen-bond acceptors (Lipinski definition) is 1. The average molecular weight is 274 g/mol. The van der Waals surface area contributed by atoms with Crippen LogP contribution in [0.4, 0.5) is 0 Å². The van der Waals surface area contributed by atoms with E-state index in [4.69, 9.17) is 0 Å². The minimum atomic E-state index is 0.172. The molecule has 1 aromatic heterocycles. The summed E-state index contributed by atoms with van der Waals surface area (Å²) in [4.78, 5) is 12.1. The van der Waals surface area contributed by atoms with Crippen LogP contribution in [0.3, 0.4) is 0 Å². The lowest BCUT2D eigenvalue weighted by Crippen LogP contribution is -2.41. The van der Waals surface area contributed by atoms with Gasteiger partial charge in [0.15, 0.2) is 11.5 Å². The summed E-state index contributed by atoms with van der Waals surface area (Å²) in [6.45, 7) is 14.5. The molecule has 110 valence electrons. The predicted octanol–water partition coefficient (Wildman–Crippen LogP) is 3.96. The molecule has 0 N–H and O–H groups in total. The number of allylic oxidation sites excluding steroid dienone is 2. The van der Waals surface area contributed by atoms with Crippen LogP contribution in [-0.2, 0) is 19.9 Å². The largest absolute Gasteiger partial charge is 0.294 e. The molecule has 0 unspecified atom stereocenters. The average Bonchev–Trinajstić information content (AvgIpc) is 2.38. The highest BCUT2D eigenvalue weighted by molar-refractivity contribution is 5.96. The van der Waals surface area contributed by atoms with Gasteiger partial charge in [-0.25, -0.2) is 0 Å². The van der Waals surface area contributed by atoms with Crippen LogP contribution in [0.1, 0.15) is 74.4 Å². The summed E-state index contributed by atoms with van der Waals surface area (Å²) < 4.78 is 2.23. The summed E-state index contributed by atoms with van der Waals surface area (Å²) in [6.07, 6.45) is 1.82. The lowest BCUT2D eigenvalue weighted by Gasteiger charge is -2.17. The molecule has 0 aliphatic rings. The number of pyridine rings is 1. The highest BCUT2D eigenvalue weighted by atomic mass is 16.1. The van der Waals surface area contributed by atoms with Crippen LogP contribution in [0, 0.1) is 6.92 Å². The Balaban J connectivity index is 3.93. The molecule has 0 aromatic carbocycles. The number of hydrogen-bond donors (Lipinski definition) is 0. The van der Waals surface area contributed by atoms with E-state index in [1.807, 2.05) is 0 Å². The van der Waals surface area contributed by atoms with Gasteiger partial charge in [0.2, 0.25) is 5.69 Å². The molecule has 0 aliphatic carbocycles. The van der Waals surface area contributed by atoms with E-state index in [9.17, 15) is 4.79 Å². The molecule has 0 saturated heterocycles. The van der Waals surface area contributed by atoms with E-state index in [-0.39, 0.29) is 5.78 Å². The highest BCUT2D eigenvalue weighted by Gasteiger charge is 2.27. The zero-order valence-corrected chi connectivity index (χ0v) is 14.3. The molecule has 1 heterocycles. The van der Waals surface area contributed by atoms with Crippen molar-refractivity contribution in [2.75, 3.05) is 0 Å². The zero-order chi connectivity index (χ0) is 15.6. The molecule has 2 heteroatoms. The van der Waals surface area contributed by atoms with Gasteiger partial charge in [0.25, 0.3) is 0 Å². The van der Waals surface area contributed by atoms with Gasteiger partial charge in [-0.3, -0.25) is 4.79 Å². The van der Waals surface area contributed by atoms with Crippen molar-refractivity contribution in [1.82, 2.24) is 0 Å². The normalized spacial score (nSPS) is 10.6. The number of carbonyl (C=O) groups is 1. The molecule has 2 nitrogen and oxygen atoms in total. The Morgan fingerprint density at radius 3 is 1.95 bits per heavy atom. The molecule has 0 saturated carbocycles. The molecule has 0 aliphatic heterocycles. The quantitative estimate of drug-likeness (QED) is 0.601. The number of rotatable bonds is 4. The fraction of sp³-hybridized carbons (Fsp3) is 0.556. The van der Waals surface area contributed by atoms with Crippen LogP contribution in [-0.4, -0.2) is 5.78 Å². The minimum Gasteiger partial charge on any atom is -0.294 e. The maximum absolute atomic E-state index is 12.1. The molecule has 0 bridgehead atoms. The third-order valence-corrected chi connectivity index (χ3v) is 4.29. The smallest absolute Gasteiger partial charge is 0.211 e. The SMILES string of the molecule is CCc1c(C)c(C(C)=O)c(CC)[n+](C)c1C(C)=C(C)C. The molecular weight excluding hydrogens is 246 g/mol. The first kappa shape index (κ1) is 16.6. The van der Waals surface area contributed by atoms with Gasteiger partial charge in [0.05, 0.1) is 5.56 Å². The van der Waals surface area contributed by atoms with Crippen LogP contribution in [0.5, 0.6) is 0 Å². The first-order valence-electron chi connectivity index (χ1n) is 7.47. The Bertz CT molecular complexity index is 576. The van der Waals surface area contributed by atoms with Crippen LogP contribution in [0.2, 0.25) is 0 Å². The van der Waals surface area contributed by atoms with Crippen LogP contribution in [0.25, 0.3) is 5.57 Å². The van der Waals surface area contributed by atoms with Crippen molar-refractivity contribution in [3.05, 3.63) is 33.7 Å². The maximum Gasteiger partial charge on any atom is 0.211 e. The molecule has 0 atom stereocenters. The molecule has 1 aromatic rings. The number of Topliss-reactive ketones (excluding diaryl/α,β-unsaturated/α-hetero) is 1. The maximum atomic E-state index is 12.1. The van der Waals surface area contributed by atoms with Gasteiger partial charge in [0, 0.05) is 17.6 Å². The number of ketones is 1. The fourth-order valence-electron chi connectivity index (χ4n) is 3.08. The first-order valence-corrected chi connectivity index (χ1v) is 7.47. The second-order valence-corrected chi connectivity index (χ2v) is 5.72. The Morgan fingerprint density at radius 2 is 1.60 bits per heavy atom. The van der Waals surface area contributed by atoms with Gasteiger partial charge < -0.3 is 0 Å². The van der Waals surface area contributed by atoms with Crippen molar-refractivity contribution in [3.63, 3.8) is 0 Å². The van der Waals surface area contributed by atoms with E-state index in [0.717, 1.165) is 29.7 Å².